The molecule has 0 amide bonds. The molecule has 0 radical (unpaired) electrons. The Hall–Kier alpha value is -0.820. The van der Waals surface area contributed by atoms with Crippen LogP contribution >= 0.6 is 0 Å². The van der Waals surface area contributed by atoms with Gasteiger partial charge in [-0.2, -0.15) is 0 Å². The van der Waals surface area contributed by atoms with E-state index in [1.165, 1.54) is 42.4 Å². The molecule has 1 nitrogen and oxygen atoms in total. The van der Waals surface area contributed by atoms with Crippen molar-refractivity contribution in [1.82, 2.24) is 0 Å². The topological polar surface area (TPSA) is 26.0 Å². The van der Waals surface area contributed by atoms with Crippen molar-refractivity contribution in [2.75, 3.05) is 0 Å². The van der Waals surface area contributed by atoms with E-state index in [9.17, 15) is 0 Å². The smallest absolute Gasteiger partial charge is 0.0297 e. The molecule has 0 aliphatic heterocycles. The zero-order valence-electron chi connectivity index (χ0n) is 8.92. The Morgan fingerprint density at radius 3 is 3.07 bits per heavy atom. The van der Waals surface area contributed by atoms with Crippen LogP contribution in [0.15, 0.2) is 18.2 Å². The van der Waals surface area contributed by atoms with Gasteiger partial charge in [0.05, 0.1) is 0 Å². The number of benzene rings is 1. The molecule has 2 rings (SSSR count). The number of fused-ring (bicyclic) bond motifs is 1. The van der Waals surface area contributed by atoms with E-state index < -0.39 is 0 Å². The lowest BCUT2D eigenvalue weighted by molar-refractivity contribution is 0.569. The van der Waals surface area contributed by atoms with Crippen LogP contribution in [0.4, 0.5) is 0 Å². The number of hydrogen-bond acceptors (Lipinski definition) is 1. The standard InChI is InChI=1S/C13H19N/c1-2-4-10-7-8-11-5-3-6-13(14)12(11)9-10/h7-9,13H,2-6,14H2,1H3. The highest BCUT2D eigenvalue weighted by atomic mass is 14.6. The highest BCUT2D eigenvalue weighted by molar-refractivity contribution is 5.36. The number of rotatable bonds is 2. The molecule has 0 spiro atoms. The fourth-order valence-electron chi connectivity index (χ4n) is 2.33. The molecule has 1 unspecified atom stereocenters. The van der Waals surface area contributed by atoms with Crippen molar-refractivity contribution in [3.63, 3.8) is 0 Å². The molecule has 1 aromatic rings. The first-order valence-electron chi connectivity index (χ1n) is 5.68. The molecular weight excluding hydrogens is 170 g/mol. The molecule has 0 aromatic heterocycles. The van der Waals surface area contributed by atoms with Crippen LogP contribution < -0.4 is 5.73 Å². The van der Waals surface area contributed by atoms with E-state index in [0.29, 0.717) is 0 Å². The van der Waals surface area contributed by atoms with Crippen LogP contribution in [0.25, 0.3) is 0 Å². The van der Waals surface area contributed by atoms with E-state index in [0.717, 1.165) is 6.42 Å². The van der Waals surface area contributed by atoms with Gasteiger partial charge in [-0.1, -0.05) is 31.5 Å². The lowest BCUT2D eigenvalue weighted by atomic mass is 9.86. The summed E-state index contributed by atoms with van der Waals surface area (Å²) in [5, 5.41) is 0. The summed E-state index contributed by atoms with van der Waals surface area (Å²) in [5.74, 6) is 0. The fourth-order valence-corrected chi connectivity index (χ4v) is 2.33. The van der Waals surface area contributed by atoms with Crippen LogP contribution in [0.1, 0.15) is 48.9 Å². The van der Waals surface area contributed by atoms with Gasteiger partial charge in [-0.15, -0.1) is 0 Å². The molecule has 0 saturated carbocycles. The maximum Gasteiger partial charge on any atom is 0.0297 e. The summed E-state index contributed by atoms with van der Waals surface area (Å²) < 4.78 is 0. The third-order valence-corrected chi connectivity index (χ3v) is 3.11. The van der Waals surface area contributed by atoms with E-state index in [1.807, 2.05) is 0 Å². The van der Waals surface area contributed by atoms with Gasteiger partial charge in [0.15, 0.2) is 0 Å². The molecule has 14 heavy (non-hydrogen) atoms. The molecule has 1 aliphatic rings. The third kappa shape index (κ3) is 1.83. The van der Waals surface area contributed by atoms with Crippen molar-refractivity contribution in [3.05, 3.63) is 34.9 Å². The molecule has 0 heterocycles. The molecule has 1 atom stereocenters. The molecule has 0 fully saturated rings. The van der Waals surface area contributed by atoms with E-state index in [-0.39, 0.29) is 6.04 Å². The summed E-state index contributed by atoms with van der Waals surface area (Å²) in [4.78, 5) is 0. The lowest BCUT2D eigenvalue weighted by Gasteiger charge is -2.22. The first-order valence-corrected chi connectivity index (χ1v) is 5.68. The van der Waals surface area contributed by atoms with Gasteiger partial charge in [0, 0.05) is 6.04 Å². The largest absolute Gasteiger partial charge is 0.324 e. The Morgan fingerprint density at radius 2 is 2.29 bits per heavy atom. The number of aryl methyl sites for hydroxylation is 2. The van der Waals surface area contributed by atoms with Crippen LogP contribution in [0, 0.1) is 0 Å². The van der Waals surface area contributed by atoms with Gasteiger partial charge in [0.2, 0.25) is 0 Å². The summed E-state index contributed by atoms with van der Waals surface area (Å²) >= 11 is 0. The van der Waals surface area contributed by atoms with Crippen molar-refractivity contribution < 1.29 is 0 Å². The average Bonchev–Trinajstić information content (AvgIpc) is 2.20. The second kappa shape index (κ2) is 4.14. The van der Waals surface area contributed by atoms with E-state index in [4.69, 9.17) is 5.73 Å². The van der Waals surface area contributed by atoms with E-state index in [2.05, 4.69) is 25.1 Å². The van der Waals surface area contributed by atoms with Crippen molar-refractivity contribution in [2.24, 2.45) is 5.73 Å². The SMILES string of the molecule is CCCc1ccc2c(c1)C(N)CCC2. The molecule has 0 saturated heterocycles. The van der Waals surface area contributed by atoms with E-state index in [1.54, 1.807) is 0 Å². The van der Waals surface area contributed by atoms with Crippen LogP contribution in [0.3, 0.4) is 0 Å². The predicted octanol–water partition coefficient (Wildman–Crippen LogP) is 2.98. The summed E-state index contributed by atoms with van der Waals surface area (Å²) in [7, 11) is 0. The third-order valence-electron chi connectivity index (χ3n) is 3.11. The normalized spacial score (nSPS) is 20.6. The molecule has 0 bridgehead atoms. The minimum Gasteiger partial charge on any atom is -0.324 e. The molecular formula is C13H19N. The van der Waals surface area contributed by atoms with Gasteiger partial charge < -0.3 is 5.73 Å². The number of hydrogen-bond donors (Lipinski definition) is 1. The van der Waals surface area contributed by atoms with Crippen LogP contribution in [0.5, 0.6) is 0 Å². The number of nitrogens with two attached hydrogens (primary N) is 1. The maximum atomic E-state index is 6.11. The summed E-state index contributed by atoms with van der Waals surface area (Å²) in [5.41, 5.74) is 10.4. The van der Waals surface area contributed by atoms with E-state index >= 15 is 0 Å². The Balaban J connectivity index is 2.31. The summed E-state index contributed by atoms with van der Waals surface area (Å²) in [6.45, 7) is 2.22. The minimum atomic E-state index is 0.288. The monoisotopic (exact) mass is 189 g/mol. The highest BCUT2D eigenvalue weighted by Crippen LogP contribution is 2.28. The lowest BCUT2D eigenvalue weighted by Crippen LogP contribution is -2.17. The second-order valence-corrected chi connectivity index (χ2v) is 4.28. The molecule has 1 aromatic carbocycles. The van der Waals surface area contributed by atoms with Gasteiger partial charge in [0.1, 0.15) is 0 Å². The molecule has 76 valence electrons. The van der Waals surface area contributed by atoms with Crippen LogP contribution in [-0.4, -0.2) is 0 Å². The molecule has 2 N–H and O–H groups in total. The van der Waals surface area contributed by atoms with Gasteiger partial charge in [-0.25, -0.2) is 0 Å². The molecule has 1 heteroatoms. The minimum absolute atomic E-state index is 0.288. The maximum absolute atomic E-state index is 6.11. The van der Waals surface area contributed by atoms with Gasteiger partial charge in [0.25, 0.3) is 0 Å². The van der Waals surface area contributed by atoms with Gasteiger partial charge in [-0.05, 0) is 42.4 Å². The quantitative estimate of drug-likeness (QED) is 0.760. The average molecular weight is 189 g/mol. The van der Waals surface area contributed by atoms with Crippen LogP contribution in [0.2, 0.25) is 0 Å². The fraction of sp³-hybridized carbons (Fsp3) is 0.538. The second-order valence-electron chi connectivity index (χ2n) is 4.28. The van der Waals surface area contributed by atoms with Crippen LogP contribution in [-0.2, 0) is 12.8 Å². The summed E-state index contributed by atoms with van der Waals surface area (Å²) in [6, 6.07) is 7.15. The first kappa shape index (κ1) is 9.72. The summed E-state index contributed by atoms with van der Waals surface area (Å²) in [6.07, 6.45) is 6.02. The first-order chi connectivity index (χ1) is 6.81. The highest BCUT2D eigenvalue weighted by Gasteiger charge is 2.16. The Labute approximate surface area is 86.3 Å². The van der Waals surface area contributed by atoms with Crippen molar-refractivity contribution in [2.45, 2.75) is 45.1 Å². The van der Waals surface area contributed by atoms with Gasteiger partial charge >= 0.3 is 0 Å². The van der Waals surface area contributed by atoms with Crippen molar-refractivity contribution in [1.29, 1.82) is 0 Å². The Bertz CT molecular complexity index is 317. The van der Waals surface area contributed by atoms with Crippen molar-refractivity contribution in [3.8, 4) is 0 Å². The predicted molar refractivity (Wildman–Crippen MR) is 60.3 cm³/mol. The zero-order chi connectivity index (χ0) is 9.97. The Kier molecular flexibility index (Phi) is 2.87. The zero-order valence-corrected chi connectivity index (χ0v) is 8.92. The Morgan fingerprint density at radius 1 is 1.43 bits per heavy atom. The molecule has 1 aliphatic carbocycles. The van der Waals surface area contributed by atoms with Gasteiger partial charge in [-0.3, -0.25) is 0 Å². The van der Waals surface area contributed by atoms with Crippen molar-refractivity contribution >= 4 is 0 Å².